The second-order valence-corrected chi connectivity index (χ2v) is 4.83. The lowest BCUT2D eigenvalue weighted by atomic mass is 10.1. The number of halogens is 2. The highest BCUT2D eigenvalue weighted by molar-refractivity contribution is 5.76. The number of hydrogen-bond acceptors (Lipinski definition) is 3. The molecule has 0 aliphatic carbocycles. The fourth-order valence-corrected chi connectivity index (χ4v) is 2.47. The molecule has 21 heavy (non-hydrogen) atoms. The lowest BCUT2D eigenvalue weighted by Gasteiger charge is -2.23. The van der Waals surface area contributed by atoms with Gasteiger partial charge >= 0.3 is 0 Å². The highest BCUT2D eigenvalue weighted by Crippen LogP contribution is 2.30. The molecule has 0 atom stereocenters. The Labute approximate surface area is 120 Å². The third-order valence-electron chi connectivity index (χ3n) is 3.44. The summed E-state index contributed by atoms with van der Waals surface area (Å²) in [6.07, 6.45) is 0.427. The van der Waals surface area contributed by atoms with Gasteiger partial charge in [-0.05, 0) is 18.2 Å². The van der Waals surface area contributed by atoms with Crippen molar-refractivity contribution in [1.29, 1.82) is 0 Å². The first-order valence-electron chi connectivity index (χ1n) is 6.59. The van der Waals surface area contributed by atoms with E-state index in [4.69, 9.17) is 4.74 Å². The van der Waals surface area contributed by atoms with E-state index in [1.807, 2.05) is 24.3 Å². The predicted molar refractivity (Wildman–Crippen MR) is 74.7 cm³/mol. The van der Waals surface area contributed by atoms with Crippen LogP contribution in [-0.2, 0) is 6.54 Å². The quantitative estimate of drug-likeness (QED) is 0.795. The summed E-state index contributed by atoms with van der Waals surface area (Å²) in [6, 6.07) is 9.50. The van der Waals surface area contributed by atoms with Gasteiger partial charge in [-0.15, -0.1) is 0 Å². The average molecular weight is 289 g/mol. The molecule has 0 radical (unpaired) electrons. The van der Waals surface area contributed by atoms with Crippen molar-refractivity contribution in [2.45, 2.75) is 6.54 Å². The number of benzene rings is 2. The molecule has 0 unspecified atom stereocenters. The summed E-state index contributed by atoms with van der Waals surface area (Å²) in [4.78, 5) is 12.2. The van der Waals surface area contributed by atoms with Gasteiger partial charge in [0.1, 0.15) is 36.0 Å². The summed E-state index contributed by atoms with van der Waals surface area (Å²) in [7, 11) is 0. The smallest absolute Gasteiger partial charge is 0.150 e. The van der Waals surface area contributed by atoms with Gasteiger partial charge in [-0.3, -0.25) is 4.79 Å². The third kappa shape index (κ3) is 2.59. The fraction of sp³-hybridized carbons (Fsp3) is 0.188. The molecule has 2 aromatic carbocycles. The van der Waals surface area contributed by atoms with Crippen LogP contribution in [0.1, 0.15) is 15.9 Å². The first-order valence-corrected chi connectivity index (χ1v) is 6.59. The first-order chi connectivity index (χ1) is 10.2. The Morgan fingerprint density at radius 2 is 1.86 bits per heavy atom. The monoisotopic (exact) mass is 289 g/mol. The van der Waals surface area contributed by atoms with Crippen LogP contribution >= 0.6 is 0 Å². The van der Waals surface area contributed by atoms with Crippen LogP contribution in [0.3, 0.4) is 0 Å². The zero-order valence-corrected chi connectivity index (χ0v) is 11.2. The van der Waals surface area contributed by atoms with Gasteiger partial charge in [-0.2, -0.15) is 0 Å². The lowest BCUT2D eigenvalue weighted by Crippen LogP contribution is -2.27. The normalized spacial score (nSPS) is 14.1. The third-order valence-corrected chi connectivity index (χ3v) is 3.44. The SMILES string of the molecule is O=Cc1cc(F)c(N2CCOc3ccccc3C2)c(F)c1. The molecule has 0 saturated heterocycles. The first kappa shape index (κ1) is 13.5. The van der Waals surface area contributed by atoms with Crippen LogP contribution in [-0.4, -0.2) is 19.4 Å². The van der Waals surface area contributed by atoms with Gasteiger partial charge in [-0.1, -0.05) is 18.2 Å². The van der Waals surface area contributed by atoms with E-state index in [0.717, 1.165) is 23.4 Å². The number of carbonyl (C=O) groups is 1. The van der Waals surface area contributed by atoms with E-state index in [1.54, 1.807) is 4.90 Å². The fourth-order valence-electron chi connectivity index (χ4n) is 2.47. The van der Waals surface area contributed by atoms with Crippen LogP contribution in [0.2, 0.25) is 0 Å². The van der Waals surface area contributed by atoms with Crippen molar-refractivity contribution in [3.63, 3.8) is 0 Å². The number of fused-ring (bicyclic) bond motifs is 1. The van der Waals surface area contributed by atoms with Crippen LogP contribution < -0.4 is 9.64 Å². The number of ether oxygens (including phenoxy) is 1. The molecule has 1 heterocycles. The topological polar surface area (TPSA) is 29.5 Å². The van der Waals surface area contributed by atoms with Crippen molar-refractivity contribution in [1.82, 2.24) is 0 Å². The summed E-state index contributed by atoms with van der Waals surface area (Å²) in [5.41, 5.74) is 0.731. The molecule has 0 spiro atoms. The molecule has 5 heteroatoms. The Morgan fingerprint density at radius 3 is 2.57 bits per heavy atom. The molecule has 0 amide bonds. The van der Waals surface area contributed by atoms with Crippen molar-refractivity contribution in [3.05, 3.63) is 59.2 Å². The molecular weight excluding hydrogens is 276 g/mol. The molecule has 2 aromatic rings. The molecule has 1 aliphatic rings. The molecule has 0 bridgehead atoms. The number of carbonyl (C=O) groups excluding carboxylic acids is 1. The zero-order valence-electron chi connectivity index (χ0n) is 11.2. The van der Waals surface area contributed by atoms with Gasteiger partial charge in [0.05, 0.1) is 6.54 Å². The van der Waals surface area contributed by atoms with Gasteiger partial charge in [-0.25, -0.2) is 8.78 Å². The summed E-state index contributed by atoms with van der Waals surface area (Å²) in [5, 5.41) is 0. The minimum atomic E-state index is -0.739. The van der Waals surface area contributed by atoms with E-state index in [2.05, 4.69) is 0 Å². The second kappa shape index (κ2) is 5.52. The van der Waals surface area contributed by atoms with E-state index in [0.29, 0.717) is 26.0 Å². The van der Waals surface area contributed by atoms with Crippen LogP contribution in [0.25, 0.3) is 0 Å². The van der Waals surface area contributed by atoms with E-state index in [9.17, 15) is 13.6 Å². The van der Waals surface area contributed by atoms with Crippen molar-refractivity contribution < 1.29 is 18.3 Å². The van der Waals surface area contributed by atoms with E-state index in [-0.39, 0.29) is 11.3 Å². The molecule has 0 N–H and O–H groups in total. The molecule has 108 valence electrons. The summed E-state index contributed by atoms with van der Waals surface area (Å²) < 4.78 is 33.8. The number of hydrogen-bond donors (Lipinski definition) is 0. The van der Waals surface area contributed by atoms with E-state index < -0.39 is 11.6 Å². The maximum absolute atomic E-state index is 14.1. The van der Waals surface area contributed by atoms with Crippen LogP contribution in [0.5, 0.6) is 5.75 Å². The van der Waals surface area contributed by atoms with Crippen molar-refractivity contribution >= 4 is 12.0 Å². The average Bonchev–Trinajstić information content (AvgIpc) is 2.68. The molecule has 0 fully saturated rings. The number of anilines is 1. The molecule has 0 saturated carbocycles. The Bertz CT molecular complexity index is 665. The number of nitrogens with zero attached hydrogens (tertiary/aromatic N) is 1. The van der Waals surface area contributed by atoms with Crippen molar-refractivity contribution in [2.24, 2.45) is 0 Å². The molecular formula is C16H13F2NO2. The predicted octanol–water partition coefficient (Wildman–Crippen LogP) is 3.18. The number of rotatable bonds is 2. The maximum Gasteiger partial charge on any atom is 0.150 e. The lowest BCUT2D eigenvalue weighted by molar-refractivity contribution is 0.112. The van der Waals surface area contributed by atoms with Gasteiger partial charge < -0.3 is 9.64 Å². The van der Waals surface area contributed by atoms with Crippen molar-refractivity contribution in [3.8, 4) is 5.75 Å². The van der Waals surface area contributed by atoms with Gasteiger partial charge in [0.15, 0.2) is 0 Å². The molecule has 1 aliphatic heterocycles. The van der Waals surface area contributed by atoms with Gasteiger partial charge in [0.25, 0.3) is 0 Å². The second-order valence-electron chi connectivity index (χ2n) is 4.83. The zero-order chi connectivity index (χ0) is 14.8. The summed E-state index contributed by atoms with van der Waals surface area (Å²) in [5.74, 6) is -0.752. The van der Waals surface area contributed by atoms with Gasteiger partial charge in [0.2, 0.25) is 0 Å². The molecule has 3 rings (SSSR count). The minimum absolute atomic E-state index is 0.0137. The highest BCUT2D eigenvalue weighted by Gasteiger charge is 2.21. The Kier molecular flexibility index (Phi) is 3.56. The van der Waals surface area contributed by atoms with Crippen LogP contribution in [0.4, 0.5) is 14.5 Å². The summed E-state index contributed by atoms with van der Waals surface area (Å²) in [6.45, 7) is 1.05. The Morgan fingerprint density at radius 1 is 1.14 bits per heavy atom. The number of para-hydroxylation sites is 1. The minimum Gasteiger partial charge on any atom is -0.491 e. The highest BCUT2D eigenvalue weighted by atomic mass is 19.1. The number of aldehydes is 1. The Hall–Kier alpha value is -2.43. The van der Waals surface area contributed by atoms with Gasteiger partial charge in [0, 0.05) is 17.7 Å². The Balaban J connectivity index is 2.00. The van der Waals surface area contributed by atoms with Crippen LogP contribution in [0.15, 0.2) is 36.4 Å². The van der Waals surface area contributed by atoms with E-state index in [1.165, 1.54) is 0 Å². The molecule has 3 nitrogen and oxygen atoms in total. The summed E-state index contributed by atoms with van der Waals surface area (Å²) >= 11 is 0. The van der Waals surface area contributed by atoms with Crippen molar-refractivity contribution in [2.75, 3.05) is 18.1 Å². The standard InChI is InChI=1S/C16H13F2NO2/c17-13-7-11(10-20)8-14(18)16(13)19-5-6-21-15-4-2-1-3-12(15)9-19/h1-4,7-8,10H,5-6,9H2. The van der Waals surface area contributed by atoms with E-state index >= 15 is 0 Å². The maximum atomic E-state index is 14.1. The largest absolute Gasteiger partial charge is 0.491 e. The molecule has 0 aromatic heterocycles. The van der Waals surface area contributed by atoms with Crippen LogP contribution in [0, 0.1) is 11.6 Å².